The molecule has 0 saturated carbocycles. The number of esters is 1. The van der Waals surface area contributed by atoms with E-state index in [1.807, 2.05) is 30.3 Å². The van der Waals surface area contributed by atoms with Crippen molar-refractivity contribution in [3.05, 3.63) is 42.0 Å². The molecule has 0 radical (unpaired) electrons. The van der Waals surface area contributed by atoms with Crippen molar-refractivity contribution in [1.29, 1.82) is 0 Å². The number of carbonyl (C=O) groups excluding carboxylic acids is 1. The Balaban J connectivity index is 2.19. The molecule has 2 rings (SSSR count). The van der Waals surface area contributed by atoms with E-state index in [0.29, 0.717) is 5.56 Å². The monoisotopic (exact) mass is 324 g/mol. The lowest BCUT2D eigenvalue weighted by Crippen LogP contribution is -2.14. The zero-order valence-electron chi connectivity index (χ0n) is 12.2. The van der Waals surface area contributed by atoms with Crippen LogP contribution in [0.1, 0.15) is 18.4 Å². The zero-order chi connectivity index (χ0) is 16.3. The smallest absolute Gasteiger partial charge is 0.362 e. The van der Waals surface area contributed by atoms with Crippen LogP contribution < -0.4 is 4.74 Å². The molecule has 0 heterocycles. The minimum atomic E-state index is -4.36. The molecule has 0 aromatic heterocycles. The highest BCUT2D eigenvalue weighted by Gasteiger charge is 2.21. The van der Waals surface area contributed by atoms with Crippen LogP contribution in [0, 0.1) is 0 Å². The number of fused-ring (bicyclic) bond motifs is 1. The first-order valence-corrected chi connectivity index (χ1v) is 8.39. The Kier molecular flexibility index (Phi) is 4.86. The van der Waals surface area contributed by atoms with Gasteiger partial charge in [0.05, 0.1) is 13.0 Å². The Hall–Kier alpha value is -1.88. The number of ether oxygens (including phenoxy) is 2. The molecule has 2 N–H and O–H groups in total. The fourth-order valence-corrected chi connectivity index (χ4v) is 2.34. The average Bonchev–Trinajstić information content (AvgIpc) is 2.50. The standard InChI is InChI=1S/C15H17O6P/c1-10(15(16)21-9-22(17,18)19)11-3-4-13-8-14(20-2)6-5-12(13)7-11/h3-8,10H,9H2,1-2H3,(H2,17,18,19)/t10-/m0/s1. The van der Waals surface area contributed by atoms with E-state index in [0.717, 1.165) is 16.5 Å². The van der Waals surface area contributed by atoms with Gasteiger partial charge in [-0.2, -0.15) is 0 Å². The Bertz CT molecular complexity index is 736. The molecule has 2 aromatic rings. The van der Waals surface area contributed by atoms with Crippen LogP contribution in [0.5, 0.6) is 5.75 Å². The van der Waals surface area contributed by atoms with Crippen molar-refractivity contribution < 1.29 is 28.6 Å². The summed E-state index contributed by atoms with van der Waals surface area (Å²) in [6.45, 7) is 1.63. The Morgan fingerprint density at radius 3 is 2.45 bits per heavy atom. The maximum Gasteiger partial charge on any atom is 0.362 e. The third-order valence-corrected chi connectivity index (χ3v) is 3.77. The largest absolute Gasteiger partial charge is 0.497 e. The van der Waals surface area contributed by atoms with Crippen LogP contribution in [0.4, 0.5) is 0 Å². The van der Waals surface area contributed by atoms with Crippen molar-refractivity contribution in [3.63, 3.8) is 0 Å². The minimum absolute atomic E-state index is 0.613. The van der Waals surface area contributed by atoms with Crippen LogP contribution in [-0.2, 0) is 14.1 Å². The lowest BCUT2D eigenvalue weighted by Gasteiger charge is -2.13. The van der Waals surface area contributed by atoms with Crippen molar-refractivity contribution in [1.82, 2.24) is 0 Å². The van der Waals surface area contributed by atoms with Gasteiger partial charge in [-0.1, -0.05) is 24.3 Å². The van der Waals surface area contributed by atoms with Gasteiger partial charge in [0, 0.05) is 0 Å². The van der Waals surface area contributed by atoms with Crippen LogP contribution in [0.15, 0.2) is 36.4 Å². The lowest BCUT2D eigenvalue weighted by atomic mass is 9.98. The lowest BCUT2D eigenvalue weighted by molar-refractivity contribution is -0.143. The van der Waals surface area contributed by atoms with Crippen molar-refractivity contribution in [2.45, 2.75) is 12.8 Å². The molecule has 0 aliphatic rings. The van der Waals surface area contributed by atoms with Gasteiger partial charge in [-0.25, -0.2) is 0 Å². The van der Waals surface area contributed by atoms with Crippen LogP contribution in [0.25, 0.3) is 10.8 Å². The third kappa shape index (κ3) is 4.07. The molecule has 0 amide bonds. The molecule has 1 atom stereocenters. The van der Waals surface area contributed by atoms with E-state index in [1.54, 1.807) is 20.1 Å². The van der Waals surface area contributed by atoms with Crippen molar-refractivity contribution >= 4 is 24.3 Å². The van der Waals surface area contributed by atoms with Crippen LogP contribution in [-0.4, -0.2) is 29.2 Å². The summed E-state index contributed by atoms with van der Waals surface area (Å²) in [5, 5.41) is 1.91. The topological polar surface area (TPSA) is 93.1 Å². The van der Waals surface area contributed by atoms with Gasteiger partial charge in [0.15, 0.2) is 6.35 Å². The molecule has 0 fully saturated rings. The summed E-state index contributed by atoms with van der Waals surface area (Å²) in [7, 11) is -2.76. The molecule has 0 aliphatic carbocycles. The number of hydrogen-bond acceptors (Lipinski definition) is 4. The summed E-state index contributed by atoms with van der Waals surface area (Å²) in [4.78, 5) is 29.3. The van der Waals surface area contributed by atoms with Gasteiger partial charge in [-0.15, -0.1) is 0 Å². The number of methoxy groups -OCH3 is 1. The highest BCUT2D eigenvalue weighted by molar-refractivity contribution is 7.51. The highest BCUT2D eigenvalue weighted by Crippen LogP contribution is 2.35. The van der Waals surface area contributed by atoms with E-state index in [-0.39, 0.29) is 0 Å². The number of carbonyl (C=O) groups is 1. The van der Waals surface area contributed by atoms with E-state index in [9.17, 15) is 9.36 Å². The van der Waals surface area contributed by atoms with Gasteiger partial charge in [0.2, 0.25) is 0 Å². The third-order valence-electron chi connectivity index (χ3n) is 3.30. The molecule has 0 unspecified atom stereocenters. The summed E-state index contributed by atoms with van der Waals surface area (Å²) in [6, 6.07) is 11.1. The fourth-order valence-electron chi connectivity index (χ4n) is 2.05. The first kappa shape index (κ1) is 16.5. The van der Waals surface area contributed by atoms with Gasteiger partial charge in [0.1, 0.15) is 5.75 Å². The molecule has 22 heavy (non-hydrogen) atoms. The molecular formula is C15H17O6P. The first-order chi connectivity index (χ1) is 10.3. The molecule has 0 bridgehead atoms. The Morgan fingerprint density at radius 1 is 1.18 bits per heavy atom. The number of rotatable bonds is 5. The highest BCUT2D eigenvalue weighted by atomic mass is 31.2. The molecule has 0 spiro atoms. The molecule has 0 aliphatic heterocycles. The molecule has 2 aromatic carbocycles. The van der Waals surface area contributed by atoms with Crippen molar-refractivity contribution in [2.75, 3.05) is 13.5 Å². The summed E-state index contributed by atoms with van der Waals surface area (Å²) < 4.78 is 20.5. The van der Waals surface area contributed by atoms with Gasteiger partial charge < -0.3 is 19.3 Å². The molecule has 7 heteroatoms. The maximum atomic E-state index is 11.8. The molecule has 0 saturated heterocycles. The van der Waals surface area contributed by atoms with Crippen LogP contribution in [0.3, 0.4) is 0 Å². The van der Waals surface area contributed by atoms with E-state index >= 15 is 0 Å². The predicted molar refractivity (Wildman–Crippen MR) is 81.9 cm³/mol. The fraction of sp³-hybridized carbons (Fsp3) is 0.267. The number of benzene rings is 2. The van der Waals surface area contributed by atoms with Crippen LogP contribution in [0.2, 0.25) is 0 Å². The summed E-state index contributed by atoms with van der Waals surface area (Å²) in [5.74, 6) is -0.538. The Labute approximate surface area is 127 Å². The average molecular weight is 324 g/mol. The van der Waals surface area contributed by atoms with Gasteiger partial charge >= 0.3 is 13.6 Å². The second-order valence-corrected chi connectivity index (χ2v) is 6.54. The molecular weight excluding hydrogens is 307 g/mol. The molecule has 118 valence electrons. The predicted octanol–water partition coefficient (Wildman–Crippen LogP) is 2.63. The molecule has 6 nitrogen and oxygen atoms in total. The normalized spacial score (nSPS) is 12.9. The number of hydrogen-bond donors (Lipinski definition) is 2. The van der Waals surface area contributed by atoms with E-state index < -0.39 is 25.8 Å². The second-order valence-electron chi connectivity index (χ2n) is 4.95. The Morgan fingerprint density at radius 2 is 1.82 bits per heavy atom. The van der Waals surface area contributed by atoms with Crippen molar-refractivity contribution in [3.8, 4) is 5.75 Å². The summed E-state index contributed by atoms with van der Waals surface area (Å²) in [5.41, 5.74) is 0.716. The summed E-state index contributed by atoms with van der Waals surface area (Å²) >= 11 is 0. The SMILES string of the molecule is COc1ccc2cc([C@H](C)C(=O)OCP(=O)(O)O)ccc2c1. The second kappa shape index (κ2) is 6.48. The van der Waals surface area contributed by atoms with Gasteiger partial charge in [0.25, 0.3) is 0 Å². The summed E-state index contributed by atoms with van der Waals surface area (Å²) in [6.07, 6.45) is -0.902. The van der Waals surface area contributed by atoms with Crippen LogP contribution >= 0.6 is 7.60 Å². The van der Waals surface area contributed by atoms with Crippen molar-refractivity contribution in [2.24, 2.45) is 0 Å². The minimum Gasteiger partial charge on any atom is -0.497 e. The first-order valence-electron chi connectivity index (χ1n) is 6.59. The van der Waals surface area contributed by atoms with E-state index in [2.05, 4.69) is 4.74 Å². The van der Waals surface area contributed by atoms with E-state index in [1.165, 1.54) is 0 Å². The van der Waals surface area contributed by atoms with E-state index in [4.69, 9.17) is 14.5 Å². The zero-order valence-corrected chi connectivity index (χ0v) is 13.1. The van der Waals surface area contributed by atoms with Gasteiger partial charge in [-0.05, 0) is 35.4 Å². The van der Waals surface area contributed by atoms with Gasteiger partial charge in [-0.3, -0.25) is 9.36 Å². The maximum absolute atomic E-state index is 11.8. The quantitative estimate of drug-likeness (QED) is 0.649.